The van der Waals surface area contributed by atoms with Gasteiger partial charge in [-0.15, -0.1) is 0 Å². The second-order valence-electron chi connectivity index (χ2n) is 4.17. The summed E-state index contributed by atoms with van der Waals surface area (Å²) >= 11 is 0. The van der Waals surface area contributed by atoms with Crippen LogP contribution in [0.25, 0.3) is 0 Å². The van der Waals surface area contributed by atoms with Crippen molar-refractivity contribution in [3.8, 4) is 0 Å². The minimum Gasteiger partial charge on any atom is -0.466 e. The third-order valence-electron chi connectivity index (χ3n) is 3.09. The quantitative estimate of drug-likeness (QED) is 0.605. The molecule has 2 aliphatic rings. The number of allylic oxidation sites excluding steroid dienone is 1. The molecule has 0 bridgehead atoms. The lowest BCUT2D eigenvalue weighted by atomic mass is 9.74. The number of rotatable bonds is 1. The van der Waals surface area contributed by atoms with Gasteiger partial charge < -0.3 is 4.74 Å². The van der Waals surface area contributed by atoms with Crippen LogP contribution in [-0.4, -0.2) is 0 Å². The predicted molar refractivity (Wildman–Crippen MR) is 51.6 cm³/mol. The highest BCUT2D eigenvalue weighted by Gasteiger charge is 2.32. The molecule has 0 unspecified atom stereocenters. The van der Waals surface area contributed by atoms with Crippen molar-refractivity contribution in [1.29, 1.82) is 0 Å². The smallest absolute Gasteiger partial charge is 0.127 e. The molecule has 1 aliphatic heterocycles. The van der Waals surface area contributed by atoms with E-state index in [4.69, 9.17) is 4.74 Å². The van der Waals surface area contributed by atoms with Crippen LogP contribution in [-0.2, 0) is 4.74 Å². The van der Waals surface area contributed by atoms with E-state index in [2.05, 4.69) is 12.2 Å². The number of hydrogen-bond donors (Lipinski definition) is 0. The lowest BCUT2D eigenvalue weighted by molar-refractivity contribution is 0.157. The van der Waals surface area contributed by atoms with E-state index in [1.807, 2.05) is 6.20 Å². The summed E-state index contributed by atoms with van der Waals surface area (Å²) in [4.78, 5) is 0. The fraction of sp³-hybridized carbons (Fsp3) is 0.636. The molecule has 0 aromatic carbocycles. The van der Waals surface area contributed by atoms with Crippen molar-refractivity contribution >= 4 is 0 Å². The van der Waals surface area contributed by atoms with Gasteiger partial charge in [-0.05, 0) is 12.8 Å². The first-order valence-electron chi connectivity index (χ1n) is 5.04. The molecule has 2 nitrogen and oxygen atoms in total. The minimum absolute atomic E-state index is 0.243. The van der Waals surface area contributed by atoms with Gasteiger partial charge in [-0.3, -0.25) is 5.32 Å². The Kier molecular flexibility index (Phi) is 2.30. The SMILES string of the molecule is CC1(C2=C[N]C=CO2)CCCCC1. The summed E-state index contributed by atoms with van der Waals surface area (Å²) in [6, 6.07) is 0. The second kappa shape index (κ2) is 3.44. The summed E-state index contributed by atoms with van der Waals surface area (Å²) < 4.78 is 5.51. The molecule has 0 N–H and O–H groups in total. The fourth-order valence-electron chi connectivity index (χ4n) is 2.16. The zero-order valence-corrected chi connectivity index (χ0v) is 8.12. The number of ether oxygens (including phenoxy) is 1. The van der Waals surface area contributed by atoms with Gasteiger partial charge in [0.2, 0.25) is 0 Å². The molecule has 0 amide bonds. The second-order valence-corrected chi connectivity index (χ2v) is 4.17. The molecule has 71 valence electrons. The molecule has 0 spiro atoms. The van der Waals surface area contributed by atoms with Gasteiger partial charge in [-0.2, -0.15) is 0 Å². The molecule has 2 heteroatoms. The molecule has 0 atom stereocenters. The van der Waals surface area contributed by atoms with Crippen molar-refractivity contribution in [3.05, 3.63) is 24.4 Å². The van der Waals surface area contributed by atoms with E-state index in [-0.39, 0.29) is 5.41 Å². The van der Waals surface area contributed by atoms with Crippen LogP contribution in [0.4, 0.5) is 0 Å². The Morgan fingerprint density at radius 3 is 2.69 bits per heavy atom. The van der Waals surface area contributed by atoms with Crippen LogP contribution in [0.5, 0.6) is 0 Å². The summed E-state index contributed by atoms with van der Waals surface area (Å²) in [7, 11) is 0. The summed E-state index contributed by atoms with van der Waals surface area (Å²) in [6.07, 6.45) is 11.7. The zero-order valence-electron chi connectivity index (χ0n) is 8.12. The molecule has 2 rings (SSSR count). The van der Waals surface area contributed by atoms with E-state index in [1.54, 1.807) is 12.5 Å². The number of hydrogen-bond acceptors (Lipinski definition) is 1. The molecule has 13 heavy (non-hydrogen) atoms. The fourth-order valence-corrected chi connectivity index (χ4v) is 2.16. The summed E-state index contributed by atoms with van der Waals surface area (Å²) in [5.41, 5.74) is 0.243. The average molecular weight is 178 g/mol. The van der Waals surface area contributed by atoms with Crippen LogP contribution >= 0.6 is 0 Å². The molecule has 0 aromatic heterocycles. The maximum Gasteiger partial charge on any atom is 0.127 e. The highest BCUT2D eigenvalue weighted by atomic mass is 16.5. The largest absolute Gasteiger partial charge is 0.466 e. The Morgan fingerprint density at radius 2 is 2.08 bits per heavy atom. The standard InChI is InChI=1S/C11H16NO/c1-11(5-3-2-4-6-11)10-9-12-7-8-13-10/h7-9H,2-6H2,1H3. The Balaban J connectivity index is 2.08. The van der Waals surface area contributed by atoms with Crippen LogP contribution in [0.15, 0.2) is 24.4 Å². The topological polar surface area (TPSA) is 23.3 Å². The summed E-state index contributed by atoms with van der Waals surface area (Å²) in [6.45, 7) is 2.28. The van der Waals surface area contributed by atoms with Gasteiger partial charge >= 0.3 is 0 Å². The van der Waals surface area contributed by atoms with E-state index in [0.29, 0.717) is 0 Å². The molecule has 1 radical (unpaired) electrons. The van der Waals surface area contributed by atoms with E-state index in [9.17, 15) is 0 Å². The summed E-state index contributed by atoms with van der Waals surface area (Å²) in [5.74, 6) is 1.05. The molecule has 1 fully saturated rings. The van der Waals surface area contributed by atoms with Crippen molar-refractivity contribution in [2.45, 2.75) is 39.0 Å². The van der Waals surface area contributed by atoms with E-state index in [1.165, 1.54) is 32.1 Å². The lowest BCUT2D eigenvalue weighted by Gasteiger charge is -2.35. The molecule has 1 aliphatic carbocycles. The highest BCUT2D eigenvalue weighted by Crippen LogP contribution is 2.42. The molecule has 0 saturated heterocycles. The lowest BCUT2D eigenvalue weighted by Crippen LogP contribution is -2.25. The Hall–Kier alpha value is -0.920. The van der Waals surface area contributed by atoms with Crippen molar-refractivity contribution in [1.82, 2.24) is 5.32 Å². The molecular weight excluding hydrogens is 162 g/mol. The van der Waals surface area contributed by atoms with E-state index < -0.39 is 0 Å². The van der Waals surface area contributed by atoms with Gasteiger partial charge in [0.05, 0.1) is 12.4 Å². The molecule has 0 aromatic rings. The van der Waals surface area contributed by atoms with Gasteiger partial charge in [-0.1, -0.05) is 26.2 Å². The van der Waals surface area contributed by atoms with E-state index >= 15 is 0 Å². The van der Waals surface area contributed by atoms with Gasteiger partial charge in [0.15, 0.2) is 0 Å². The molecule has 1 heterocycles. The molecular formula is C11H16NO. The first kappa shape index (κ1) is 8.67. The maximum atomic E-state index is 5.51. The van der Waals surface area contributed by atoms with Crippen molar-refractivity contribution in [2.75, 3.05) is 0 Å². The van der Waals surface area contributed by atoms with Crippen LogP contribution in [0, 0.1) is 5.41 Å². The summed E-state index contributed by atoms with van der Waals surface area (Å²) in [5, 5.41) is 4.11. The monoisotopic (exact) mass is 178 g/mol. The van der Waals surface area contributed by atoms with Gasteiger partial charge in [0.25, 0.3) is 0 Å². The van der Waals surface area contributed by atoms with Gasteiger partial charge in [0, 0.05) is 5.41 Å². The highest BCUT2D eigenvalue weighted by molar-refractivity contribution is 5.11. The van der Waals surface area contributed by atoms with Crippen LogP contribution in [0.1, 0.15) is 39.0 Å². The predicted octanol–water partition coefficient (Wildman–Crippen LogP) is 2.90. The molecule has 1 saturated carbocycles. The first-order valence-corrected chi connectivity index (χ1v) is 5.04. The Morgan fingerprint density at radius 1 is 1.31 bits per heavy atom. The third kappa shape index (κ3) is 1.71. The Labute approximate surface area is 79.7 Å². The average Bonchev–Trinajstić information content (AvgIpc) is 2.20. The van der Waals surface area contributed by atoms with Crippen LogP contribution in [0.2, 0.25) is 0 Å². The first-order chi connectivity index (χ1) is 6.31. The van der Waals surface area contributed by atoms with Gasteiger partial charge in [0.1, 0.15) is 12.0 Å². The minimum atomic E-state index is 0.243. The van der Waals surface area contributed by atoms with Crippen LogP contribution < -0.4 is 5.32 Å². The Bertz CT molecular complexity index is 236. The zero-order chi connectivity index (χ0) is 9.15. The maximum absolute atomic E-state index is 5.51. The normalized spacial score (nSPS) is 25.8. The van der Waals surface area contributed by atoms with Gasteiger partial charge in [-0.25, -0.2) is 0 Å². The number of nitrogens with zero attached hydrogens (tertiary/aromatic N) is 1. The van der Waals surface area contributed by atoms with Crippen molar-refractivity contribution in [3.63, 3.8) is 0 Å². The van der Waals surface area contributed by atoms with Crippen LogP contribution in [0.3, 0.4) is 0 Å². The third-order valence-corrected chi connectivity index (χ3v) is 3.09. The van der Waals surface area contributed by atoms with Crippen molar-refractivity contribution < 1.29 is 4.74 Å². The van der Waals surface area contributed by atoms with Crippen molar-refractivity contribution in [2.24, 2.45) is 5.41 Å². The van der Waals surface area contributed by atoms with E-state index in [0.717, 1.165) is 5.76 Å².